The van der Waals surface area contributed by atoms with Crippen LogP contribution in [0.2, 0.25) is 0 Å². The standard InChI is InChI=1S/C25H21N/c1-17-5-7-21(8-6-17)9-10-22-11-12-24(18(2)13-22)23-14-19(3)25(16-26)20(4)15-23/h5-8,11-15H,1-4H3. The smallest absolute Gasteiger partial charge is 0.0997 e. The SMILES string of the molecule is Cc1ccc(C#Cc2ccc(-c3cc(C)c(C#N)c(C)c3)c(C)c2)cc1. The van der Waals surface area contributed by atoms with E-state index >= 15 is 0 Å². The molecule has 1 nitrogen and oxygen atoms in total. The van der Waals surface area contributed by atoms with Crippen LogP contribution >= 0.6 is 0 Å². The number of nitriles is 1. The molecule has 0 fully saturated rings. The Morgan fingerprint density at radius 2 is 1.23 bits per heavy atom. The second-order valence-corrected chi connectivity index (χ2v) is 6.74. The summed E-state index contributed by atoms with van der Waals surface area (Å²) in [6.07, 6.45) is 0. The summed E-state index contributed by atoms with van der Waals surface area (Å²) >= 11 is 0. The summed E-state index contributed by atoms with van der Waals surface area (Å²) < 4.78 is 0. The quantitative estimate of drug-likeness (QED) is 0.511. The van der Waals surface area contributed by atoms with Gasteiger partial charge in [0, 0.05) is 11.1 Å². The first-order valence-corrected chi connectivity index (χ1v) is 8.69. The molecule has 26 heavy (non-hydrogen) atoms. The van der Waals surface area contributed by atoms with E-state index in [1.54, 1.807) is 0 Å². The molecule has 0 radical (unpaired) electrons. The van der Waals surface area contributed by atoms with Crippen LogP contribution in [0, 0.1) is 50.9 Å². The molecule has 0 amide bonds. The number of nitrogens with zero attached hydrogens (tertiary/aromatic N) is 1. The van der Waals surface area contributed by atoms with Crippen molar-refractivity contribution in [2.75, 3.05) is 0 Å². The predicted molar refractivity (Wildman–Crippen MR) is 108 cm³/mol. The Balaban J connectivity index is 1.94. The molecule has 0 aliphatic heterocycles. The van der Waals surface area contributed by atoms with Gasteiger partial charge in [-0.1, -0.05) is 47.7 Å². The number of rotatable bonds is 1. The lowest BCUT2D eigenvalue weighted by Crippen LogP contribution is -1.92. The van der Waals surface area contributed by atoms with E-state index in [2.05, 4.69) is 74.2 Å². The fourth-order valence-electron chi connectivity index (χ4n) is 3.14. The molecular weight excluding hydrogens is 314 g/mol. The van der Waals surface area contributed by atoms with E-state index in [4.69, 9.17) is 0 Å². The molecule has 0 aliphatic carbocycles. The van der Waals surface area contributed by atoms with E-state index in [9.17, 15) is 5.26 Å². The summed E-state index contributed by atoms with van der Waals surface area (Å²) in [5.41, 5.74) is 9.59. The monoisotopic (exact) mass is 335 g/mol. The lowest BCUT2D eigenvalue weighted by molar-refractivity contribution is 1.32. The number of aryl methyl sites for hydroxylation is 4. The summed E-state index contributed by atoms with van der Waals surface area (Å²) in [7, 11) is 0. The Labute approximate surface area is 155 Å². The zero-order chi connectivity index (χ0) is 18.7. The van der Waals surface area contributed by atoms with E-state index in [0.717, 1.165) is 33.4 Å². The molecule has 3 aromatic rings. The predicted octanol–water partition coefficient (Wildman–Crippen LogP) is 5.86. The lowest BCUT2D eigenvalue weighted by atomic mass is 9.93. The summed E-state index contributed by atoms with van der Waals surface area (Å²) in [6, 6.07) is 21.0. The minimum atomic E-state index is 0.770. The second-order valence-electron chi connectivity index (χ2n) is 6.74. The Bertz CT molecular complexity index is 1040. The lowest BCUT2D eigenvalue weighted by Gasteiger charge is -2.11. The van der Waals surface area contributed by atoms with Gasteiger partial charge in [-0.15, -0.1) is 0 Å². The molecule has 0 aromatic heterocycles. The molecule has 0 N–H and O–H groups in total. The van der Waals surface area contributed by atoms with Crippen LogP contribution in [0.4, 0.5) is 0 Å². The van der Waals surface area contributed by atoms with Gasteiger partial charge in [0.25, 0.3) is 0 Å². The average molecular weight is 335 g/mol. The maximum atomic E-state index is 9.25. The molecule has 0 saturated heterocycles. The molecule has 1 heteroatoms. The maximum Gasteiger partial charge on any atom is 0.0997 e. The number of benzene rings is 3. The molecule has 126 valence electrons. The van der Waals surface area contributed by atoms with Crippen molar-refractivity contribution in [3.63, 3.8) is 0 Å². The van der Waals surface area contributed by atoms with Crippen molar-refractivity contribution in [3.05, 3.63) is 93.5 Å². The first kappa shape index (κ1) is 17.5. The molecule has 3 aromatic carbocycles. The topological polar surface area (TPSA) is 23.8 Å². The highest BCUT2D eigenvalue weighted by molar-refractivity contribution is 5.71. The van der Waals surface area contributed by atoms with Crippen molar-refractivity contribution in [2.45, 2.75) is 27.7 Å². The first-order chi connectivity index (χ1) is 12.5. The minimum absolute atomic E-state index is 0.770. The van der Waals surface area contributed by atoms with E-state index in [-0.39, 0.29) is 0 Å². The highest BCUT2D eigenvalue weighted by atomic mass is 14.2. The van der Waals surface area contributed by atoms with Crippen LogP contribution in [-0.2, 0) is 0 Å². The molecule has 0 bridgehead atoms. The van der Waals surface area contributed by atoms with Crippen molar-refractivity contribution >= 4 is 0 Å². The van der Waals surface area contributed by atoms with Crippen LogP contribution in [0.25, 0.3) is 11.1 Å². The highest BCUT2D eigenvalue weighted by Crippen LogP contribution is 2.28. The summed E-state index contributed by atoms with van der Waals surface area (Å²) in [5.74, 6) is 6.47. The van der Waals surface area contributed by atoms with Gasteiger partial charge in [-0.3, -0.25) is 0 Å². The third-order valence-electron chi connectivity index (χ3n) is 4.58. The molecule has 0 unspecified atom stereocenters. The van der Waals surface area contributed by atoms with Crippen LogP contribution in [0.3, 0.4) is 0 Å². The Kier molecular flexibility index (Phi) is 4.92. The first-order valence-electron chi connectivity index (χ1n) is 8.69. The Morgan fingerprint density at radius 1 is 0.654 bits per heavy atom. The van der Waals surface area contributed by atoms with Crippen LogP contribution in [0.5, 0.6) is 0 Å². The van der Waals surface area contributed by atoms with Crippen molar-refractivity contribution < 1.29 is 0 Å². The van der Waals surface area contributed by atoms with E-state index < -0.39 is 0 Å². The largest absolute Gasteiger partial charge is 0.192 e. The maximum absolute atomic E-state index is 9.25. The molecule has 0 heterocycles. The van der Waals surface area contributed by atoms with Gasteiger partial charge in [-0.2, -0.15) is 5.26 Å². The van der Waals surface area contributed by atoms with Crippen LogP contribution in [0.1, 0.15) is 38.9 Å². The average Bonchev–Trinajstić information content (AvgIpc) is 2.61. The van der Waals surface area contributed by atoms with Gasteiger partial charge in [0.15, 0.2) is 0 Å². The Hall–Kier alpha value is -3.29. The van der Waals surface area contributed by atoms with Crippen molar-refractivity contribution in [3.8, 4) is 29.0 Å². The number of hydrogen-bond acceptors (Lipinski definition) is 1. The van der Waals surface area contributed by atoms with Gasteiger partial charge >= 0.3 is 0 Å². The number of hydrogen-bond donors (Lipinski definition) is 0. The van der Waals surface area contributed by atoms with Crippen molar-refractivity contribution in [2.24, 2.45) is 0 Å². The van der Waals surface area contributed by atoms with Gasteiger partial charge in [-0.25, -0.2) is 0 Å². The molecule has 0 aliphatic rings. The van der Waals surface area contributed by atoms with Crippen LogP contribution in [0.15, 0.2) is 54.6 Å². The van der Waals surface area contributed by atoms with Gasteiger partial charge in [-0.05, 0) is 79.8 Å². The summed E-state index contributed by atoms with van der Waals surface area (Å²) in [6.45, 7) is 8.17. The van der Waals surface area contributed by atoms with Gasteiger partial charge in [0.05, 0.1) is 11.6 Å². The Morgan fingerprint density at radius 3 is 1.81 bits per heavy atom. The second kappa shape index (κ2) is 7.30. The fourth-order valence-corrected chi connectivity index (χ4v) is 3.14. The van der Waals surface area contributed by atoms with Crippen LogP contribution < -0.4 is 0 Å². The minimum Gasteiger partial charge on any atom is -0.192 e. The third kappa shape index (κ3) is 3.69. The molecule has 0 atom stereocenters. The molecule has 3 rings (SSSR count). The van der Waals surface area contributed by atoms with Crippen molar-refractivity contribution in [1.82, 2.24) is 0 Å². The zero-order valence-corrected chi connectivity index (χ0v) is 15.6. The highest BCUT2D eigenvalue weighted by Gasteiger charge is 2.08. The van der Waals surface area contributed by atoms with E-state index in [1.165, 1.54) is 16.7 Å². The van der Waals surface area contributed by atoms with Gasteiger partial charge < -0.3 is 0 Å². The van der Waals surface area contributed by atoms with E-state index in [1.807, 2.05) is 26.0 Å². The zero-order valence-electron chi connectivity index (χ0n) is 15.6. The molecule has 0 spiro atoms. The molecular formula is C25H21N. The fraction of sp³-hybridized carbons (Fsp3) is 0.160. The third-order valence-corrected chi connectivity index (χ3v) is 4.58. The summed E-state index contributed by atoms with van der Waals surface area (Å²) in [4.78, 5) is 0. The van der Waals surface area contributed by atoms with Gasteiger partial charge in [0.1, 0.15) is 0 Å². The van der Waals surface area contributed by atoms with E-state index in [0.29, 0.717) is 0 Å². The van der Waals surface area contributed by atoms with Crippen molar-refractivity contribution in [1.29, 1.82) is 5.26 Å². The van der Waals surface area contributed by atoms with Crippen LogP contribution in [-0.4, -0.2) is 0 Å². The normalized spacial score (nSPS) is 9.96. The van der Waals surface area contributed by atoms with Gasteiger partial charge in [0.2, 0.25) is 0 Å². The summed E-state index contributed by atoms with van der Waals surface area (Å²) in [5, 5.41) is 9.25. The molecule has 0 saturated carbocycles.